The fraction of sp³-hybridized carbons (Fsp3) is 0.615. The monoisotopic (exact) mass is 493 g/mol. The minimum atomic E-state index is -1.000. The molecule has 0 unspecified atom stereocenters. The molecule has 9 nitrogen and oxygen atoms in total. The Kier molecular flexibility index (Phi) is 12.4. The summed E-state index contributed by atoms with van der Waals surface area (Å²) in [7, 11) is 0. The predicted octanol–water partition coefficient (Wildman–Crippen LogP) is 3.88. The number of esters is 4. The van der Waals surface area contributed by atoms with Crippen LogP contribution in [0.25, 0.3) is 0 Å². The number of carbonyl (C=O) groups is 4. The molecule has 0 bridgehead atoms. The van der Waals surface area contributed by atoms with Gasteiger partial charge in [0.25, 0.3) is 0 Å². The third kappa shape index (κ3) is 12.4. The van der Waals surface area contributed by atoms with E-state index in [-0.39, 0.29) is 55.2 Å². The molecule has 1 rings (SSSR count). The Bertz CT molecular complexity index is 875. The van der Waals surface area contributed by atoms with Gasteiger partial charge in [0.05, 0.1) is 6.42 Å². The number of ether oxygens (including phenoxy) is 4. The molecule has 1 aromatic rings. The Labute approximate surface area is 207 Å². The molecule has 0 spiro atoms. The fourth-order valence-corrected chi connectivity index (χ4v) is 2.98. The van der Waals surface area contributed by atoms with Crippen molar-refractivity contribution in [3.8, 4) is 11.5 Å². The SMILES string of the molecule is CCCC(=O)Oc1ccc(C[C@H](N)C(=O)OC[C@H](C)OC(=O)CC(C)(C)C)cc1OC(=O)CCC. The molecule has 2 N–H and O–H groups in total. The van der Waals surface area contributed by atoms with Gasteiger partial charge in [-0.1, -0.05) is 40.7 Å². The number of benzene rings is 1. The standard InChI is InChI=1S/C26H39NO8/c1-7-9-22(28)34-20-12-11-18(14-21(20)35-23(29)10-8-2)13-19(27)25(31)32-16-17(3)33-24(30)15-26(4,5)6/h11-12,14,17,19H,7-10,13,15-16,27H2,1-6H3/t17-,19-/m0/s1. The molecule has 0 fully saturated rings. The largest absolute Gasteiger partial charge is 0.461 e. The van der Waals surface area contributed by atoms with Crippen LogP contribution in [0.4, 0.5) is 0 Å². The number of rotatable bonds is 13. The quantitative estimate of drug-likeness (QED) is 0.321. The van der Waals surface area contributed by atoms with Gasteiger partial charge in [-0.05, 0) is 49.3 Å². The van der Waals surface area contributed by atoms with E-state index < -0.39 is 30.1 Å². The van der Waals surface area contributed by atoms with Crippen LogP contribution in [0.15, 0.2) is 18.2 Å². The Morgan fingerprint density at radius 1 is 0.914 bits per heavy atom. The van der Waals surface area contributed by atoms with Crippen LogP contribution in [0.5, 0.6) is 11.5 Å². The normalized spacial score (nSPS) is 12.9. The topological polar surface area (TPSA) is 131 Å². The smallest absolute Gasteiger partial charge is 0.323 e. The van der Waals surface area contributed by atoms with Crippen LogP contribution in [-0.2, 0) is 35.1 Å². The van der Waals surface area contributed by atoms with Gasteiger partial charge in [0, 0.05) is 12.8 Å². The van der Waals surface area contributed by atoms with Crippen LogP contribution in [0, 0.1) is 5.41 Å². The first-order valence-corrected chi connectivity index (χ1v) is 12.0. The maximum atomic E-state index is 12.4. The minimum Gasteiger partial charge on any atom is -0.461 e. The van der Waals surface area contributed by atoms with Crippen molar-refractivity contribution in [3.63, 3.8) is 0 Å². The highest BCUT2D eigenvalue weighted by Crippen LogP contribution is 2.30. The van der Waals surface area contributed by atoms with Gasteiger partial charge in [0.1, 0.15) is 18.8 Å². The third-order valence-corrected chi connectivity index (χ3v) is 4.59. The Hall–Kier alpha value is -2.94. The maximum Gasteiger partial charge on any atom is 0.323 e. The molecule has 0 saturated carbocycles. The second kappa shape index (κ2) is 14.5. The zero-order valence-corrected chi connectivity index (χ0v) is 21.7. The lowest BCUT2D eigenvalue weighted by molar-refractivity contribution is -0.160. The Morgan fingerprint density at radius 2 is 1.49 bits per heavy atom. The molecule has 0 amide bonds. The van der Waals surface area contributed by atoms with Crippen LogP contribution in [0.2, 0.25) is 0 Å². The highest BCUT2D eigenvalue weighted by molar-refractivity contribution is 5.77. The van der Waals surface area contributed by atoms with Crippen LogP contribution >= 0.6 is 0 Å². The van der Waals surface area contributed by atoms with E-state index in [2.05, 4.69) is 0 Å². The van der Waals surface area contributed by atoms with E-state index in [1.807, 2.05) is 34.6 Å². The number of hydrogen-bond donors (Lipinski definition) is 1. The van der Waals surface area contributed by atoms with Crippen LogP contribution in [0.1, 0.15) is 79.2 Å². The number of carbonyl (C=O) groups excluding carboxylic acids is 4. The molecule has 0 heterocycles. The summed E-state index contributed by atoms with van der Waals surface area (Å²) in [5.41, 5.74) is 6.39. The summed E-state index contributed by atoms with van der Waals surface area (Å²) in [5, 5.41) is 0. The van der Waals surface area contributed by atoms with Crippen molar-refractivity contribution in [2.45, 2.75) is 92.2 Å². The average Bonchev–Trinajstić information content (AvgIpc) is 2.72. The van der Waals surface area contributed by atoms with Crippen LogP contribution in [-0.4, -0.2) is 42.6 Å². The summed E-state index contributed by atoms with van der Waals surface area (Å²) in [6.07, 6.45) is 1.39. The lowest BCUT2D eigenvalue weighted by atomic mass is 9.92. The first-order valence-electron chi connectivity index (χ1n) is 12.0. The van der Waals surface area contributed by atoms with E-state index in [1.165, 1.54) is 12.1 Å². The van der Waals surface area contributed by atoms with E-state index in [9.17, 15) is 19.2 Å². The molecule has 0 saturated heterocycles. The second-order valence-corrected chi connectivity index (χ2v) is 9.71. The van der Waals surface area contributed by atoms with Crippen LogP contribution < -0.4 is 15.2 Å². The van der Waals surface area contributed by atoms with Gasteiger partial charge >= 0.3 is 23.9 Å². The van der Waals surface area contributed by atoms with Gasteiger partial charge in [0.2, 0.25) is 0 Å². The van der Waals surface area contributed by atoms with Crippen molar-refractivity contribution in [1.29, 1.82) is 0 Å². The highest BCUT2D eigenvalue weighted by Gasteiger charge is 2.22. The summed E-state index contributed by atoms with van der Waals surface area (Å²) in [6.45, 7) is 11.0. The van der Waals surface area contributed by atoms with Crippen molar-refractivity contribution < 1.29 is 38.1 Å². The van der Waals surface area contributed by atoms with E-state index in [1.54, 1.807) is 13.0 Å². The number of nitrogens with two attached hydrogens (primary N) is 1. The Morgan fingerprint density at radius 3 is 2.03 bits per heavy atom. The fourth-order valence-electron chi connectivity index (χ4n) is 2.98. The van der Waals surface area contributed by atoms with Crippen LogP contribution in [0.3, 0.4) is 0 Å². The van der Waals surface area contributed by atoms with Gasteiger partial charge in [-0.3, -0.25) is 19.2 Å². The first-order chi connectivity index (χ1) is 16.3. The van der Waals surface area contributed by atoms with E-state index in [0.717, 1.165) is 0 Å². The minimum absolute atomic E-state index is 0.0883. The molecule has 0 aromatic heterocycles. The highest BCUT2D eigenvalue weighted by atomic mass is 16.6. The van der Waals surface area contributed by atoms with E-state index in [0.29, 0.717) is 18.4 Å². The molecular formula is C26H39NO8. The predicted molar refractivity (Wildman–Crippen MR) is 130 cm³/mol. The second-order valence-electron chi connectivity index (χ2n) is 9.71. The van der Waals surface area contributed by atoms with E-state index in [4.69, 9.17) is 24.7 Å². The first kappa shape index (κ1) is 30.1. The molecule has 2 atom stereocenters. The summed E-state index contributed by atoms with van der Waals surface area (Å²) in [4.78, 5) is 48.2. The molecular weight excluding hydrogens is 454 g/mol. The zero-order chi connectivity index (χ0) is 26.6. The summed E-state index contributed by atoms with van der Waals surface area (Å²) < 4.78 is 21.2. The third-order valence-electron chi connectivity index (χ3n) is 4.59. The molecule has 0 radical (unpaired) electrons. The van der Waals surface area contributed by atoms with E-state index >= 15 is 0 Å². The van der Waals surface area contributed by atoms with Crippen molar-refractivity contribution in [2.24, 2.45) is 11.1 Å². The molecule has 196 valence electrons. The lowest BCUT2D eigenvalue weighted by Crippen LogP contribution is -2.36. The van der Waals surface area contributed by atoms with Gasteiger partial charge in [-0.2, -0.15) is 0 Å². The van der Waals surface area contributed by atoms with Crippen molar-refractivity contribution in [2.75, 3.05) is 6.61 Å². The summed E-state index contributed by atoms with van der Waals surface area (Å²) in [6, 6.07) is 3.66. The zero-order valence-electron chi connectivity index (χ0n) is 21.7. The van der Waals surface area contributed by atoms with Gasteiger partial charge in [0.15, 0.2) is 11.5 Å². The molecule has 9 heteroatoms. The van der Waals surface area contributed by atoms with Gasteiger partial charge in [-0.25, -0.2) is 0 Å². The molecule has 0 aliphatic rings. The van der Waals surface area contributed by atoms with Crippen molar-refractivity contribution in [1.82, 2.24) is 0 Å². The van der Waals surface area contributed by atoms with Gasteiger partial charge < -0.3 is 24.7 Å². The average molecular weight is 494 g/mol. The molecule has 1 aromatic carbocycles. The van der Waals surface area contributed by atoms with Crippen molar-refractivity contribution in [3.05, 3.63) is 23.8 Å². The summed E-state index contributed by atoms with van der Waals surface area (Å²) in [5.74, 6) is -1.72. The summed E-state index contributed by atoms with van der Waals surface area (Å²) >= 11 is 0. The van der Waals surface area contributed by atoms with Crippen molar-refractivity contribution >= 4 is 23.9 Å². The number of hydrogen-bond acceptors (Lipinski definition) is 9. The molecule has 0 aliphatic carbocycles. The lowest BCUT2D eigenvalue weighted by Gasteiger charge is -2.20. The van der Waals surface area contributed by atoms with Gasteiger partial charge in [-0.15, -0.1) is 0 Å². The Balaban J connectivity index is 2.77. The molecule has 0 aliphatic heterocycles. The maximum absolute atomic E-state index is 12.4. The molecule has 35 heavy (non-hydrogen) atoms.